The molecule has 1 N–H and O–H groups in total. The Morgan fingerprint density at radius 2 is 2.29 bits per heavy atom. The van der Waals surface area contributed by atoms with Gasteiger partial charge < -0.3 is 9.84 Å². The van der Waals surface area contributed by atoms with Gasteiger partial charge in [0.2, 0.25) is 4.96 Å². The highest BCUT2D eigenvalue weighted by Gasteiger charge is 2.14. The predicted molar refractivity (Wildman–Crippen MR) is 62.3 cm³/mol. The SMILES string of the molecule is COc1cccc(-c2nn3cnnc3s2)c1O. The largest absolute Gasteiger partial charge is 0.504 e. The van der Waals surface area contributed by atoms with Crippen LogP contribution in [-0.4, -0.2) is 32.0 Å². The quantitative estimate of drug-likeness (QED) is 0.745. The summed E-state index contributed by atoms with van der Waals surface area (Å²) in [7, 11) is 1.51. The van der Waals surface area contributed by atoms with Crippen LogP contribution >= 0.6 is 11.3 Å². The summed E-state index contributed by atoms with van der Waals surface area (Å²) >= 11 is 1.35. The Bertz CT molecular complexity index is 647. The number of aromatic nitrogens is 4. The highest BCUT2D eigenvalue weighted by molar-refractivity contribution is 7.19. The molecular formula is C10H8N4O2S. The number of nitrogens with zero attached hydrogens (tertiary/aromatic N) is 4. The van der Waals surface area contributed by atoms with Crippen LogP contribution in [0.15, 0.2) is 24.5 Å². The van der Waals surface area contributed by atoms with Crippen molar-refractivity contribution in [2.24, 2.45) is 0 Å². The Hall–Kier alpha value is -2.15. The first kappa shape index (κ1) is 10.0. The highest BCUT2D eigenvalue weighted by Crippen LogP contribution is 2.38. The minimum absolute atomic E-state index is 0.0833. The Labute approximate surface area is 100 Å². The van der Waals surface area contributed by atoms with Gasteiger partial charge in [-0.05, 0) is 12.1 Å². The third-order valence-corrected chi connectivity index (χ3v) is 3.28. The molecule has 0 saturated carbocycles. The van der Waals surface area contributed by atoms with Gasteiger partial charge in [-0.2, -0.15) is 9.61 Å². The number of methoxy groups -OCH3 is 1. The molecule has 7 heteroatoms. The molecular weight excluding hydrogens is 240 g/mol. The summed E-state index contributed by atoms with van der Waals surface area (Å²) in [5, 5.41) is 22.6. The van der Waals surface area contributed by atoms with Crippen molar-refractivity contribution in [1.29, 1.82) is 0 Å². The zero-order valence-electron chi connectivity index (χ0n) is 8.86. The predicted octanol–water partition coefficient (Wildman–Crippen LogP) is 1.57. The van der Waals surface area contributed by atoms with Crippen LogP contribution in [0.25, 0.3) is 15.5 Å². The van der Waals surface area contributed by atoms with Gasteiger partial charge in [-0.25, -0.2) is 0 Å². The molecule has 0 fully saturated rings. The summed E-state index contributed by atoms with van der Waals surface area (Å²) in [6, 6.07) is 5.28. The third kappa shape index (κ3) is 1.51. The molecule has 3 rings (SSSR count). The van der Waals surface area contributed by atoms with Crippen molar-refractivity contribution in [3.05, 3.63) is 24.5 Å². The van der Waals surface area contributed by atoms with E-state index >= 15 is 0 Å². The summed E-state index contributed by atoms with van der Waals surface area (Å²) in [4.78, 5) is 0.683. The first-order chi connectivity index (χ1) is 8.29. The molecule has 0 atom stereocenters. The van der Waals surface area contributed by atoms with E-state index in [4.69, 9.17) is 4.74 Å². The number of benzene rings is 1. The second-order valence-electron chi connectivity index (χ2n) is 3.32. The number of hydrogen-bond donors (Lipinski definition) is 1. The molecule has 0 saturated heterocycles. The van der Waals surface area contributed by atoms with E-state index in [0.29, 0.717) is 21.3 Å². The molecule has 0 aliphatic carbocycles. The van der Waals surface area contributed by atoms with Crippen LogP contribution in [-0.2, 0) is 0 Å². The van der Waals surface area contributed by atoms with Crippen LogP contribution in [0.5, 0.6) is 11.5 Å². The number of hydrogen-bond acceptors (Lipinski definition) is 6. The molecule has 0 unspecified atom stereocenters. The van der Waals surface area contributed by atoms with E-state index in [2.05, 4.69) is 15.3 Å². The lowest BCUT2D eigenvalue weighted by Gasteiger charge is -2.05. The smallest absolute Gasteiger partial charge is 0.234 e. The first-order valence-electron chi connectivity index (χ1n) is 4.83. The van der Waals surface area contributed by atoms with Crippen molar-refractivity contribution in [3.63, 3.8) is 0 Å². The Morgan fingerprint density at radius 3 is 3.06 bits per heavy atom. The van der Waals surface area contributed by atoms with Crippen LogP contribution < -0.4 is 4.74 Å². The van der Waals surface area contributed by atoms with Gasteiger partial charge in [-0.3, -0.25) is 0 Å². The molecule has 2 aromatic heterocycles. The summed E-state index contributed by atoms with van der Waals surface area (Å²) in [5.74, 6) is 0.508. The fourth-order valence-corrected chi connectivity index (χ4v) is 2.37. The lowest BCUT2D eigenvalue weighted by molar-refractivity contribution is 0.374. The van der Waals surface area contributed by atoms with Gasteiger partial charge in [-0.1, -0.05) is 17.4 Å². The maximum absolute atomic E-state index is 10.0. The number of ether oxygens (including phenoxy) is 1. The average molecular weight is 248 g/mol. The summed E-state index contributed by atoms with van der Waals surface area (Å²) < 4.78 is 6.62. The van der Waals surface area contributed by atoms with E-state index in [-0.39, 0.29) is 5.75 Å². The molecule has 3 aromatic rings. The maximum Gasteiger partial charge on any atom is 0.234 e. The number of phenolic OH excluding ortho intramolecular Hbond substituents is 1. The normalized spacial score (nSPS) is 10.9. The van der Waals surface area contributed by atoms with Crippen molar-refractivity contribution in [1.82, 2.24) is 19.8 Å². The highest BCUT2D eigenvalue weighted by atomic mass is 32.1. The summed E-state index contributed by atoms with van der Waals surface area (Å²) in [6.45, 7) is 0. The van der Waals surface area contributed by atoms with Crippen LogP contribution in [0.1, 0.15) is 0 Å². The average Bonchev–Trinajstić information content (AvgIpc) is 2.89. The summed E-state index contributed by atoms with van der Waals surface area (Å²) in [6.07, 6.45) is 1.52. The van der Waals surface area contributed by atoms with Crippen LogP contribution in [0.4, 0.5) is 0 Å². The van der Waals surface area contributed by atoms with Gasteiger partial charge in [0.15, 0.2) is 16.5 Å². The number of para-hydroxylation sites is 1. The molecule has 86 valence electrons. The fraction of sp³-hybridized carbons (Fsp3) is 0.100. The van der Waals surface area contributed by atoms with Crippen molar-refractivity contribution in [2.75, 3.05) is 7.11 Å². The van der Waals surface area contributed by atoms with Gasteiger partial charge in [0.1, 0.15) is 6.33 Å². The van der Waals surface area contributed by atoms with E-state index in [1.165, 1.54) is 24.8 Å². The number of aromatic hydroxyl groups is 1. The Balaban J connectivity index is 2.18. The number of fused-ring (bicyclic) bond motifs is 1. The number of rotatable bonds is 2. The third-order valence-electron chi connectivity index (χ3n) is 2.34. The maximum atomic E-state index is 10.0. The van der Waals surface area contributed by atoms with Crippen molar-refractivity contribution >= 4 is 16.3 Å². The van der Waals surface area contributed by atoms with E-state index in [9.17, 15) is 5.11 Å². The van der Waals surface area contributed by atoms with Crippen molar-refractivity contribution < 1.29 is 9.84 Å². The van der Waals surface area contributed by atoms with E-state index in [1.807, 2.05) is 0 Å². The van der Waals surface area contributed by atoms with Crippen LogP contribution in [0.2, 0.25) is 0 Å². The molecule has 2 heterocycles. The molecule has 0 spiro atoms. The van der Waals surface area contributed by atoms with E-state index < -0.39 is 0 Å². The second-order valence-corrected chi connectivity index (χ2v) is 4.28. The van der Waals surface area contributed by atoms with E-state index in [1.54, 1.807) is 22.7 Å². The molecule has 0 aliphatic rings. The molecule has 1 aromatic carbocycles. The first-order valence-corrected chi connectivity index (χ1v) is 5.64. The Morgan fingerprint density at radius 1 is 1.41 bits per heavy atom. The molecule has 6 nitrogen and oxygen atoms in total. The monoisotopic (exact) mass is 248 g/mol. The van der Waals surface area contributed by atoms with E-state index in [0.717, 1.165) is 0 Å². The van der Waals surface area contributed by atoms with Gasteiger partial charge >= 0.3 is 0 Å². The van der Waals surface area contributed by atoms with Crippen LogP contribution in [0.3, 0.4) is 0 Å². The number of phenols is 1. The lowest BCUT2D eigenvalue weighted by atomic mass is 10.2. The van der Waals surface area contributed by atoms with Gasteiger partial charge in [-0.15, -0.1) is 10.2 Å². The summed E-state index contributed by atoms with van der Waals surface area (Å²) in [5.41, 5.74) is 0.625. The second kappa shape index (κ2) is 3.70. The molecule has 0 radical (unpaired) electrons. The zero-order chi connectivity index (χ0) is 11.8. The molecule has 0 amide bonds. The van der Waals surface area contributed by atoms with Crippen LogP contribution in [0, 0.1) is 0 Å². The lowest BCUT2D eigenvalue weighted by Crippen LogP contribution is -1.87. The Kier molecular flexibility index (Phi) is 2.19. The minimum atomic E-state index is 0.0833. The topological polar surface area (TPSA) is 72.5 Å². The van der Waals surface area contributed by atoms with Gasteiger partial charge in [0.25, 0.3) is 0 Å². The zero-order valence-corrected chi connectivity index (χ0v) is 9.68. The minimum Gasteiger partial charge on any atom is -0.504 e. The molecule has 0 bridgehead atoms. The molecule has 0 aliphatic heterocycles. The van der Waals surface area contributed by atoms with Gasteiger partial charge in [0.05, 0.1) is 12.7 Å². The van der Waals surface area contributed by atoms with Crippen molar-refractivity contribution in [2.45, 2.75) is 0 Å². The standard InChI is InChI=1S/C10H8N4O2S/c1-16-7-4-2-3-6(8(7)15)9-13-14-5-11-12-10(14)17-9/h2-5,15H,1H3. The van der Waals surface area contributed by atoms with Crippen molar-refractivity contribution in [3.8, 4) is 22.1 Å². The van der Waals surface area contributed by atoms with Gasteiger partial charge in [0, 0.05) is 0 Å². The molecule has 17 heavy (non-hydrogen) atoms. The fourth-order valence-electron chi connectivity index (χ4n) is 1.53.